The molecule has 0 amide bonds. The standard InChI is InChI=1S/3C4H9.H9O13Si4.Sn/c3*1-3-4-2;1-14(2,3)11-16(7,8)13-17(9,10)12-15(4,5)6;/h3*1,3-4H2,2H3;1-5,7-10H;/q;;;-1;+1. The van der Waals surface area contributed by atoms with E-state index in [1.807, 2.05) is 20.8 Å². The third kappa shape index (κ3) is 14.3. The predicted octanol–water partition coefficient (Wildman–Crippen LogP) is -1.93. The zero-order chi connectivity index (χ0) is 23.7. The summed E-state index contributed by atoms with van der Waals surface area (Å²) in [5.41, 5.74) is 0. The molecule has 0 bridgehead atoms. The Morgan fingerprint density at radius 3 is 1.20 bits per heavy atom. The van der Waals surface area contributed by atoms with E-state index in [4.69, 9.17) is 17.2 Å². The average Bonchev–Trinajstić information content (AvgIpc) is 2.51. The van der Waals surface area contributed by atoms with Crippen molar-refractivity contribution in [1.82, 2.24) is 0 Å². The van der Waals surface area contributed by atoms with Gasteiger partial charge in [0.1, 0.15) is 0 Å². The van der Waals surface area contributed by atoms with Crippen LogP contribution >= 0.6 is 0 Å². The van der Waals surface area contributed by atoms with E-state index in [-0.39, 0.29) is 0 Å². The molecule has 0 aromatic heterocycles. The summed E-state index contributed by atoms with van der Waals surface area (Å²) in [4.78, 5) is 85.4. The molecule has 18 heteroatoms. The molecule has 0 rings (SSSR count). The summed E-state index contributed by atoms with van der Waals surface area (Å²) in [6, 6.07) is 0. The van der Waals surface area contributed by atoms with Gasteiger partial charge in [0, 0.05) is 0 Å². The molecule has 0 aromatic rings. The first kappa shape index (κ1) is 31.1. The molecule has 0 heterocycles. The number of unbranched alkanes of at least 4 members (excludes halogenated alkanes) is 3. The Morgan fingerprint density at radius 1 is 0.533 bits per heavy atom. The molecule has 0 saturated heterocycles. The van der Waals surface area contributed by atoms with Crippen molar-refractivity contribution in [1.29, 1.82) is 0 Å². The minimum atomic E-state index is -5.69. The van der Waals surface area contributed by atoms with Crippen LogP contribution in [0.3, 0.4) is 0 Å². The maximum atomic E-state index is 10.3. The molecule has 9 N–H and O–H groups in total. The van der Waals surface area contributed by atoms with E-state index >= 15 is 0 Å². The average molecular weight is 619 g/mol. The van der Waals surface area contributed by atoms with Gasteiger partial charge in [0.2, 0.25) is 0 Å². The molecule has 0 spiro atoms. The summed E-state index contributed by atoms with van der Waals surface area (Å²) in [5, 5.41) is 0. The number of hydrogen-bond acceptors (Lipinski definition) is 13. The zero-order valence-corrected chi connectivity index (χ0v) is 24.4. The maximum absolute atomic E-state index is 10.3. The summed E-state index contributed by atoms with van der Waals surface area (Å²) in [6.45, 7) is 5.96. The fourth-order valence-corrected chi connectivity index (χ4v) is 28.4. The summed E-state index contributed by atoms with van der Waals surface area (Å²) in [7, 11) is -22.0. The van der Waals surface area contributed by atoms with Gasteiger partial charge >= 0.3 is 186 Å². The van der Waals surface area contributed by atoms with E-state index in [1.165, 1.54) is 0 Å². The van der Waals surface area contributed by atoms with Crippen LogP contribution in [0.2, 0.25) is 13.3 Å². The van der Waals surface area contributed by atoms with Gasteiger partial charge in [-0.2, -0.15) is 0 Å². The Balaban J connectivity index is 5.44. The van der Waals surface area contributed by atoms with Gasteiger partial charge in [-0.3, -0.25) is 0 Å². The van der Waals surface area contributed by atoms with E-state index in [2.05, 4.69) is 12.3 Å². The molecule has 0 unspecified atom stereocenters. The predicted molar refractivity (Wildman–Crippen MR) is 112 cm³/mol. The molecule has 0 aliphatic rings. The molecule has 0 atom stereocenters. The summed E-state index contributed by atoms with van der Waals surface area (Å²) >= 11 is -3.67. The van der Waals surface area contributed by atoms with Crippen LogP contribution in [0.25, 0.3) is 0 Å². The van der Waals surface area contributed by atoms with Crippen molar-refractivity contribution < 1.29 is 58.3 Å². The molecule has 0 radical (unpaired) electrons. The molecular formula is C12H36O13Si4Sn. The van der Waals surface area contributed by atoms with E-state index in [9.17, 15) is 28.8 Å². The molecule has 30 heavy (non-hydrogen) atoms. The van der Waals surface area contributed by atoms with Crippen LogP contribution in [0.1, 0.15) is 59.3 Å². The van der Waals surface area contributed by atoms with Gasteiger partial charge in [-0.25, -0.2) is 0 Å². The van der Waals surface area contributed by atoms with E-state index in [0.717, 1.165) is 38.5 Å². The number of hydrogen-bond donors (Lipinski definition) is 9. The van der Waals surface area contributed by atoms with E-state index in [1.54, 1.807) is 0 Å². The van der Waals surface area contributed by atoms with Gasteiger partial charge in [-0.15, -0.1) is 0 Å². The second kappa shape index (κ2) is 13.1. The topological polar surface area (TPSA) is 219 Å². The van der Waals surface area contributed by atoms with Gasteiger partial charge in [-0.05, 0) is 0 Å². The first-order chi connectivity index (χ1) is 13.5. The van der Waals surface area contributed by atoms with E-state index in [0.29, 0.717) is 13.3 Å². The van der Waals surface area contributed by atoms with Crippen molar-refractivity contribution >= 4 is 55.0 Å². The molecule has 0 aliphatic carbocycles. The summed E-state index contributed by atoms with van der Waals surface area (Å²) in [6.07, 6.45) is 5.01. The van der Waals surface area contributed by atoms with E-state index < -0.39 is 55.0 Å². The van der Waals surface area contributed by atoms with Crippen molar-refractivity contribution in [2.24, 2.45) is 0 Å². The van der Waals surface area contributed by atoms with Gasteiger partial charge in [0.25, 0.3) is 0 Å². The molecule has 182 valence electrons. The van der Waals surface area contributed by atoms with Gasteiger partial charge in [0.15, 0.2) is 0 Å². The fourth-order valence-electron chi connectivity index (χ4n) is 2.89. The fraction of sp³-hybridized carbons (Fsp3) is 1.00. The van der Waals surface area contributed by atoms with Crippen LogP contribution in [-0.4, -0.2) is 98.1 Å². The normalized spacial score (nSPS) is 14.4. The molecular weight excluding hydrogens is 583 g/mol. The Labute approximate surface area is 185 Å². The first-order valence-corrected chi connectivity index (χ1v) is 23.9. The first-order valence-electron chi connectivity index (χ1n) is 9.83. The molecule has 0 aliphatic heterocycles. The van der Waals surface area contributed by atoms with Crippen LogP contribution in [0.5, 0.6) is 0 Å². The summed E-state index contributed by atoms with van der Waals surface area (Å²) < 4.78 is 20.0. The van der Waals surface area contributed by atoms with Crippen molar-refractivity contribution in [3.8, 4) is 0 Å². The third-order valence-electron chi connectivity index (χ3n) is 4.11. The Kier molecular flexibility index (Phi) is 13.6. The van der Waals surface area contributed by atoms with Gasteiger partial charge < -0.3 is 0 Å². The van der Waals surface area contributed by atoms with Crippen LogP contribution < -0.4 is 0 Å². The minimum absolute atomic E-state index is 0.673. The van der Waals surface area contributed by atoms with Gasteiger partial charge in [-0.1, -0.05) is 0 Å². The quantitative estimate of drug-likeness (QED) is 0.0812. The molecule has 0 fully saturated rings. The third-order valence-corrected chi connectivity index (χ3v) is 28.0. The van der Waals surface area contributed by atoms with Crippen molar-refractivity contribution in [3.05, 3.63) is 0 Å². The summed E-state index contributed by atoms with van der Waals surface area (Å²) in [5.74, 6) is 0. The monoisotopic (exact) mass is 620 g/mol. The Hall–Kier alpha value is 1.15. The Morgan fingerprint density at radius 2 is 0.867 bits per heavy atom. The van der Waals surface area contributed by atoms with Crippen LogP contribution in [0.15, 0.2) is 0 Å². The Bertz CT molecular complexity index is 469. The van der Waals surface area contributed by atoms with Gasteiger partial charge in [0.05, 0.1) is 0 Å². The van der Waals surface area contributed by atoms with Crippen molar-refractivity contribution in [2.45, 2.75) is 72.6 Å². The second-order valence-electron chi connectivity index (χ2n) is 7.12. The zero-order valence-electron chi connectivity index (χ0n) is 17.5. The van der Waals surface area contributed by atoms with Crippen molar-refractivity contribution in [3.63, 3.8) is 0 Å². The molecule has 13 nitrogen and oxygen atoms in total. The number of rotatable bonds is 17. The SMILES string of the molecule is CCC[CH2][Sn]([CH2]CCC)([CH2]CCC)[O][Si](O)(O)O[Si](O)(O)O[Si](O)(O)O[Si](O)(O)O. The molecule has 0 saturated carbocycles. The van der Waals surface area contributed by atoms with Crippen LogP contribution in [0, 0.1) is 0 Å². The van der Waals surface area contributed by atoms with Crippen molar-refractivity contribution in [2.75, 3.05) is 0 Å². The van der Waals surface area contributed by atoms with Crippen LogP contribution in [-0.2, 0) is 15.1 Å². The molecule has 0 aromatic carbocycles. The second-order valence-corrected chi connectivity index (χ2v) is 27.0. The van der Waals surface area contributed by atoms with Crippen LogP contribution in [0.4, 0.5) is 0 Å².